The molecule has 0 atom stereocenters. The molecule has 1 aliphatic heterocycles. The second kappa shape index (κ2) is 6.36. The molecule has 0 radical (unpaired) electrons. The maximum Gasteiger partial charge on any atom is 0.417 e. The number of halogens is 4. The highest BCUT2D eigenvalue weighted by atomic mass is 79.9. The Kier molecular flexibility index (Phi) is 4.93. The highest BCUT2D eigenvalue weighted by molar-refractivity contribution is 9.10. The molecule has 0 unspecified atom stereocenters. The van der Waals surface area contributed by atoms with Gasteiger partial charge in [-0.25, -0.2) is 0 Å². The lowest BCUT2D eigenvalue weighted by molar-refractivity contribution is -0.138. The number of rotatable bonds is 2. The predicted octanol–water partition coefficient (Wildman–Crippen LogP) is 3.25. The second-order valence-corrected chi connectivity index (χ2v) is 5.77. The lowest BCUT2D eigenvalue weighted by Gasteiger charge is -2.34. The molecule has 3 nitrogen and oxygen atoms in total. The van der Waals surface area contributed by atoms with Crippen LogP contribution in [0.1, 0.15) is 22.8 Å². The molecule has 0 spiro atoms. The summed E-state index contributed by atoms with van der Waals surface area (Å²) in [5, 5.41) is 0. The van der Waals surface area contributed by atoms with Gasteiger partial charge in [0, 0.05) is 36.2 Å². The molecule has 116 valence electrons. The van der Waals surface area contributed by atoms with Crippen molar-refractivity contribution in [3.05, 3.63) is 33.8 Å². The van der Waals surface area contributed by atoms with Crippen molar-refractivity contribution in [2.24, 2.45) is 0 Å². The second-order valence-electron chi connectivity index (χ2n) is 4.92. The van der Waals surface area contributed by atoms with Gasteiger partial charge in [0.1, 0.15) is 0 Å². The van der Waals surface area contributed by atoms with Crippen molar-refractivity contribution < 1.29 is 18.0 Å². The summed E-state index contributed by atoms with van der Waals surface area (Å²) in [7, 11) is 0. The summed E-state index contributed by atoms with van der Waals surface area (Å²) in [6, 6.07) is 3.43. The first-order valence-electron chi connectivity index (χ1n) is 6.71. The van der Waals surface area contributed by atoms with Crippen molar-refractivity contribution in [1.82, 2.24) is 9.80 Å². The van der Waals surface area contributed by atoms with E-state index in [1.807, 2.05) is 0 Å². The Morgan fingerprint density at radius 1 is 1.24 bits per heavy atom. The molecule has 1 heterocycles. The Bertz CT molecular complexity index is 525. The SMILES string of the molecule is CCN1CCN(C(=O)c2ccc(C(F)(F)F)c(Br)c2)CC1. The number of benzene rings is 1. The van der Waals surface area contributed by atoms with Gasteiger partial charge in [-0.1, -0.05) is 22.9 Å². The third-order valence-electron chi connectivity index (χ3n) is 3.63. The Balaban J connectivity index is 2.12. The van der Waals surface area contributed by atoms with Crippen LogP contribution in [0.25, 0.3) is 0 Å². The highest BCUT2D eigenvalue weighted by Crippen LogP contribution is 2.35. The number of likely N-dealkylation sites (N-methyl/N-ethyl adjacent to an activating group) is 1. The molecule has 7 heteroatoms. The van der Waals surface area contributed by atoms with Crippen LogP contribution in [-0.2, 0) is 6.18 Å². The third kappa shape index (κ3) is 3.77. The molecule has 1 saturated heterocycles. The number of nitrogens with zero attached hydrogens (tertiary/aromatic N) is 2. The predicted molar refractivity (Wildman–Crippen MR) is 77.2 cm³/mol. The molecule has 0 aliphatic carbocycles. The van der Waals surface area contributed by atoms with E-state index < -0.39 is 11.7 Å². The molecule has 1 amide bonds. The average molecular weight is 365 g/mol. The van der Waals surface area contributed by atoms with Crippen molar-refractivity contribution in [3.8, 4) is 0 Å². The molecule has 1 aromatic carbocycles. The van der Waals surface area contributed by atoms with Crippen molar-refractivity contribution in [2.45, 2.75) is 13.1 Å². The minimum Gasteiger partial charge on any atom is -0.336 e. The topological polar surface area (TPSA) is 23.6 Å². The van der Waals surface area contributed by atoms with Gasteiger partial charge in [0.25, 0.3) is 5.91 Å². The van der Waals surface area contributed by atoms with E-state index in [2.05, 4.69) is 27.8 Å². The van der Waals surface area contributed by atoms with Crippen LogP contribution in [0.2, 0.25) is 0 Å². The zero-order chi connectivity index (χ0) is 15.6. The number of hydrogen-bond acceptors (Lipinski definition) is 2. The maximum atomic E-state index is 12.7. The smallest absolute Gasteiger partial charge is 0.336 e. The van der Waals surface area contributed by atoms with Gasteiger partial charge in [-0.15, -0.1) is 0 Å². The molecule has 1 aromatic rings. The molecule has 1 fully saturated rings. The Labute approximate surface area is 129 Å². The molecule has 0 aromatic heterocycles. The molecule has 0 bridgehead atoms. The number of piperazine rings is 1. The van der Waals surface area contributed by atoms with Gasteiger partial charge < -0.3 is 9.80 Å². The third-order valence-corrected chi connectivity index (χ3v) is 4.28. The van der Waals surface area contributed by atoms with Crippen LogP contribution >= 0.6 is 15.9 Å². The van der Waals surface area contributed by atoms with Crippen LogP contribution in [-0.4, -0.2) is 48.4 Å². The van der Waals surface area contributed by atoms with E-state index >= 15 is 0 Å². The number of hydrogen-bond donors (Lipinski definition) is 0. The van der Waals surface area contributed by atoms with Gasteiger partial charge in [0.2, 0.25) is 0 Å². The largest absolute Gasteiger partial charge is 0.417 e. The van der Waals surface area contributed by atoms with Gasteiger partial charge in [-0.3, -0.25) is 4.79 Å². The van der Waals surface area contributed by atoms with Crippen molar-refractivity contribution in [3.63, 3.8) is 0 Å². The zero-order valence-corrected chi connectivity index (χ0v) is 13.2. The minimum atomic E-state index is -4.42. The summed E-state index contributed by atoms with van der Waals surface area (Å²) in [6.45, 7) is 5.79. The van der Waals surface area contributed by atoms with E-state index in [1.54, 1.807) is 4.90 Å². The van der Waals surface area contributed by atoms with E-state index in [-0.39, 0.29) is 15.9 Å². The van der Waals surface area contributed by atoms with Crippen LogP contribution in [0.15, 0.2) is 22.7 Å². The van der Waals surface area contributed by atoms with E-state index in [9.17, 15) is 18.0 Å². The summed E-state index contributed by atoms with van der Waals surface area (Å²) in [5.74, 6) is -0.222. The monoisotopic (exact) mass is 364 g/mol. The fourth-order valence-corrected chi connectivity index (χ4v) is 2.93. The van der Waals surface area contributed by atoms with Crippen LogP contribution in [0.4, 0.5) is 13.2 Å². The molecular formula is C14H16BrF3N2O. The van der Waals surface area contributed by atoms with Crippen LogP contribution < -0.4 is 0 Å². The normalized spacial score (nSPS) is 17.1. The fraction of sp³-hybridized carbons (Fsp3) is 0.500. The van der Waals surface area contributed by atoms with Gasteiger partial charge >= 0.3 is 6.18 Å². The standard InChI is InChI=1S/C14H16BrF3N2O/c1-2-19-5-7-20(8-6-19)13(21)10-3-4-11(12(15)9-10)14(16,17)18/h3-4,9H,2,5-8H2,1H3. The van der Waals surface area contributed by atoms with Crippen LogP contribution in [0.3, 0.4) is 0 Å². The van der Waals surface area contributed by atoms with Gasteiger partial charge in [-0.05, 0) is 24.7 Å². The number of amides is 1. The van der Waals surface area contributed by atoms with Gasteiger partial charge in [0.15, 0.2) is 0 Å². The minimum absolute atomic E-state index is 0.104. The van der Waals surface area contributed by atoms with Crippen molar-refractivity contribution >= 4 is 21.8 Å². The first kappa shape index (κ1) is 16.3. The lowest BCUT2D eigenvalue weighted by atomic mass is 10.1. The van der Waals surface area contributed by atoms with Crippen molar-refractivity contribution in [2.75, 3.05) is 32.7 Å². The molecule has 21 heavy (non-hydrogen) atoms. The van der Waals surface area contributed by atoms with E-state index in [4.69, 9.17) is 0 Å². The summed E-state index contributed by atoms with van der Waals surface area (Å²) in [5.41, 5.74) is -0.491. The molecular weight excluding hydrogens is 349 g/mol. The Hall–Kier alpha value is -1.08. The van der Waals surface area contributed by atoms with Crippen LogP contribution in [0, 0.1) is 0 Å². The van der Waals surface area contributed by atoms with E-state index in [1.165, 1.54) is 12.1 Å². The average Bonchev–Trinajstić information content (AvgIpc) is 2.45. The van der Waals surface area contributed by atoms with Crippen LogP contribution in [0.5, 0.6) is 0 Å². The summed E-state index contributed by atoms with van der Waals surface area (Å²) >= 11 is 2.90. The van der Waals surface area contributed by atoms with Gasteiger partial charge in [-0.2, -0.15) is 13.2 Å². The number of carbonyl (C=O) groups is 1. The summed E-state index contributed by atoms with van der Waals surface area (Å²) < 4.78 is 38.0. The first-order chi connectivity index (χ1) is 9.82. The molecule has 0 saturated carbocycles. The summed E-state index contributed by atoms with van der Waals surface area (Å²) in [4.78, 5) is 16.2. The Morgan fingerprint density at radius 2 is 1.86 bits per heavy atom. The Morgan fingerprint density at radius 3 is 2.33 bits per heavy atom. The lowest BCUT2D eigenvalue weighted by Crippen LogP contribution is -2.48. The van der Waals surface area contributed by atoms with E-state index in [0.29, 0.717) is 13.1 Å². The molecule has 0 N–H and O–H groups in total. The zero-order valence-electron chi connectivity index (χ0n) is 11.6. The summed E-state index contributed by atoms with van der Waals surface area (Å²) in [6.07, 6.45) is -4.42. The van der Waals surface area contributed by atoms with E-state index in [0.717, 1.165) is 25.7 Å². The molecule has 1 aliphatic rings. The highest BCUT2D eigenvalue weighted by Gasteiger charge is 2.33. The van der Waals surface area contributed by atoms with Gasteiger partial charge in [0.05, 0.1) is 5.56 Å². The van der Waals surface area contributed by atoms with Crippen molar-refractivity contribution in [1.29, 1.82) is 0 Å². The fourth-order valence-electron chi connectivity index (χ4n) is 2.33. The number of alkyl halides is 3. The molecule has 2 rings (SSSR count). The maximum absolute atomic E-state index is 12.7. The quantitative estimate of drug-likeness (QED) is 0.804. The number of carbonyl (C=O) groups excluding carboxylic acids is 1. The first-order valence-corrected chi connectivity index (χ1v) is 7.50.